The van der Waals surface area contributed by atoms with Gasteiger partial charge in [-0.1, -0.05) is 13.8 Å². The second kappa shape index (κ2) is 6.76. The maximum Gasteiger partial charge on any atom is 0.282 e. The first-order valence-corrected chi connectivity index (χ1v) is 6.88. The molecule has 0 bridgehead atoms. The molecule has 1 heterocycles. The highest BCUT2D eigenvalue weighted by molar-refractivity contribution is 7.86. The van der Waals surface area contributed by atoms with Crippen molar-refractivity contribution in [3.63, 3.8) is 0 Å². The normalized spacial score (nSPS) is 22.4. The number of likely N-dealkylation sites (N-methyl/N-ethyl adjacent to an activating group) is 1. The van der Waals surface area contributed by atoms with Crippen LogP contribution in [0.4, 0.5) is 0 Å². The number of hydrogen-bond donors (Lipinski definition) is 1. The van der Waals surface area contributed by atoms with Gasteiger partial charge in [0.15, 0.2) is 0 Å². The van der Waals surface area contributed by atoms with Crippen molar-refractivity contribution in [1.82, 2.24) is 13.9 Å². The van der Waals surface area contributed by atoms with Crippen molar-refractivity contribution in [2.24, 2.45) is 0 Å². The van der Waals surface area contributed by atoms with Gasteiger partial charge in [0.25, 0.3) is 10.2 Å². The highest BCUT2D eigenvalue weighted by Crippen LogP contribution is 2.16. The van der Waals surface area contributed by atoms with Crippen molar-refractivity contribution in [1.29, 1.82) is 0 Å². The van der Waals surface area contributed by atoms with Crippen LogP contribution < -0.4 is 5.32 Å². The zero-order valence-corrected chi connectivity index (χ0v) is 11.8. The molecule has 5 nitrogen and oxygen atoms in total. The molecule has 1 fully saturated rings. The van der Waals surface area contributed by atoms with Crippen molar-refractivity contribution >= 4 is 22.6 Å². The summed E-state index contributed by atoms with van der Waals surface area (Å²) in [7, 11) is -1.34. The van der Waals surface area contributed by atoms with Gasteiger partial charge in [0.2, 0.25) is 0 Å². The monoisotopic (exact) mass is 271 g/mol. The molecular formula is C9H22ClN3O2S. The third kappa shape index (κ3) is 3.30. The second-order valence-electron chi connectivity index (χ2n) is 3.72. The number of rotatable bonds is 5. The fourth-order valence-electron chi connectivity index (χ4n) is 1.89. The van der Waals surface area contributed by atoms with Crippen molar-refractivity contribution in [3.05, 3.63) is 0 Å². The Bertz CT molecular complexity index is 293. The van der Waals surface area contributed by atoms with Gasteiger partial charge in [0.05, 0.1) is 0 Å². The standard InChI is InChI=1S/C9H21N3O2S.ClH/c1-4-11(5-2)15(13,14)12-7-6-9(8-12)10-3;/h9-10H,4-8H2,1-3H3;1H. The van der Waals surface area contributed by atoms with Gasteiger partial charge < -0.3 is 5.32 Å². The molecule has 0 aliphatic carbocycles. The van der Waals surface area contributed by atoms with Gasteiger partial charge in [-0.25, -0.2) is 0 Å². The molecule has 0 aromatic carbocycles. The van der Waals surface area contributed by atoms with E-state index in [2.05, 4.69) is 5.32 Å². The summed E-state index contributed by atoms with van der Waals surface area (Å²) in [6.45, 7) is 6.04. The zero-order chi connectivity index (χ0) is 11.5. The molecule has 98 valence electrons. The molecule has 1 atom stereocenters. The fraction of sp³-hybridized carbons (Fsp3) is 1.00. The van der Waals surface area contributed by atoms with E-state index in [-0.39, 0.29) is 12.4 Å². The zero-order valence-electron chi connectivity index (χ0n) is 10.1. The van der Waals surface area contributed by atoms with Gasteiger partial charge in [-0.05, 0) is 13.5 Å². The van der Waals surface area contributed by atoms with Gasteiger partial charge in [-0.15, -0.1) is 12.4 Å². The molecule has 1 aliphatic rings. The predicted molar refractivity (Wildman–Crippen MR) is 68.1 cm³/mol. The average Bonchev–Trinajstić information content (AvgIpc) is 2.67. The molecule has 1 unspecified atom stereocenters. The van der Waals surface area contributed by atoms with E-state index in [0.29, 0.717) is 32.2 Å². The van der Waals surface area contributed by atoms with Gasteiger partial charge >= 0.3 is 0 Å². The molecule has 0 aromatic heterocycles. The lowest BCUT2D eigenvalue weighted by atomic mass is 10.3. The maximum absolute atomic E-state index is 12.1. The molecule has 0 amide bonds. The van der Waals surface area contributed by atoms with Crippen molar-refractivity contribution in [3.8, 4) is 0 Å². The second-order valence-corrected chi connectivity index (χ2v) is 5.65. The van der Waals surface area contributed by atoms with E-state index >= 15 is 0 Å². The third-order valence-electron chi connectivity index (χ3n) is 2.92. The Kier molecular flexibility index (Phi) is 6.81. The number of hydrogen-bond acceptors (Lipinski definition) is 3. The van der Waals surface area contributed by atoms with Gasteiger partial charge in [0.1, 0.15) is 0 Å². The highest BCUT2D eigenvalue weighted by atomic mass is 35.5. The quantitative estimate of drug-likeness (QED) is 0.782. The summed E-state index contributed by atoms with van der Waals surface area (Å²) in [5.74, 6) is 0. The van der Waals surface area contributed by atoms with E-state index in [1.807, 2.05) is 20.9 Å². The molecule has 0 spiro atoms. The lowest BCUT2D eigenvalue weighted by Crippen LogP contribution is -2.43. The average molecular weight is 272 g/mol. The Hall–Kier alpha value is 0.120. The summed E-state index contributed by atoms with van der Waals surface area (Å²) in [6.07, 6.45) is 0.900. The van der Waals surface area contributed by atoms with Crippen LogP contribution in [0.2, 0.25) is 0 Å². The van der Waals surface area contributed by atoms with Crippen LogP contribution in [0.3, 0.4) is 0 Å². The van der Waals surface area contributed by atoms with Gasteiger partial charge in [-0.3, -0.25) is 0 Å². The summed E-state index contributed by atoms with van der Waals surface area (Å²) < 4.78 is 27.2. The summed E-state index contributed by atoms with van der Waals surface area (Å²) in [5, 5.41) is 3.12. The van der Waals surface area contributed by atoms with Crippen LogP contribution in [0.5, 0.6) is 0 Å². The van der Waals surface area contributed by atoms with Crippen LogP contribution in [-0.4, -0.2) is 56.3 Å². The number of halogens is 1. The summed E-state index contributed by atoms with van der Waals surface area (Å²) in [6, 6.07) is 0.301. The lowest BCUT2D eigenvalue weighted by molar-refractivity contribution is 0.375. The first-order valence-electron chi connectivity index (χ1n) is 5.48. The van der Waals surface area contributed by atoms with Gasteiger partial charge in [-0.2, -0.15) is 17.0 Å². The van der Waals surface area contributed by atoms with Crippen LogP contribution in [0.25, 0.3) is 0 Å². The minimum atomic E-state index is -3.22. The van der Waals surface area contributed by atoms with Gasteiger partial charge in [0, 0.05) is 32.2 Å². The predicted octanol–water partition coefficient (Wildman–Crippen LogP) is 0.288. The summed E-state index contributed by atoms with van der Waals surface area (Å²) in [4.78, 5) is 0. The molecule has 16 heavy (non-hydrogen) atoms. The smallest absolute Gasteiger partial charge is 0.282 e. The van der Waals surface area contributed by atoms with E-state index in [1.165, 1.54) is 4.31 Å². The number of nitrogens with one attached hydrogen (secondary N) is 1. The fourth-order valence-corrected chi connectivity index (χ4v) is 3.57. The summed E-state index contributed by atoms with van der Waals surface area (Å²) >= 11 is 0. The Morgan fingerprint density at radius 3 is 2.31 bits per heavy atom. The molecular weight excluding hydrogens is 250 g/mol. The third-order valence-corrected chi connectivity index (χ3v) is 5.07. The molecule has 1 aliphatic heterocycles. The lowest BCUT2D eigenvalue weighted by Gasteiger charge is -2.25. The first kappa shape index (κ1) is 16.1. The maximum atomic E-state index is 12.1. The van der Waals surface area contributed by atoms with E-state index in [0.717, 1.165) is 6.42 Å². The molecule has 0 aromatic rings. The Morgan fingerprint density at radius 2 is 1.94 bits per heavy atom. The highest BCUT2D eigenvalue weighted by Gasteiger charge is 2.33. The molecule has 0 radical (unpaired) electrons. The molecule has 0 saturated carbocycles. The van der Waals surface area contributed by atoms with E-state index in [1.54, 1.807) is 4.31 Å². The topological polar surface area (TPSA) is 52.7 Å². The first-order chi connectivity index (χ1) is 7.06. The minimum Gasteiger partial charge on any atom is -0.316 e. The van der Waals surface area contributed by atoms with Crippen LogP contribution in [0.1, 0.15) is 20.3 Å². The van der Waals surface area contributed by atoms with Crippen LogP contribution >= 0.6 is 12.4 Å². The largest absolute Gasteiger partial charge is 0.316 e. The van der Waals surface area contributed by atoms with E-state index in [9.17, 15) is 8.42 Å². The van der Waals surface area contributed by atoms with Crippen LogP contribution in [-0.2, 0) is 10.2 Å². The SMILES string of the molecule is CCN(CC)S(=O)(=O)N1CCC(NC)C1.Cl. The summed E-state index contributed by atoms with van der Waals surface area (Å²) in [5.41, 5.74) is 0. The van der Waals surface area contributed by atoms with E-state index < -0.39 is 10.2 Å². The van der Waals surface area contributed by atoms with Crippen molar-refractivity contribution in [2.75, 3.05) is 33.2 Å². The molecule has 1 rings (SSSR count). The number of nitrogens with zero attached hydrogens (tertiary/aromatic N) is 2. The molecule has 7 heteroatoms. The van der Waals surface area contributed by atoms with Crippen LogP contribution in [0.15, 0.2) is 0 Å². The van der Waals surface area contributed by atoms with E-state index in [4.69, 9.17) is 0 Å². The Labute approximate surface area is 105 Å². The molecule has 1 saturated heterocycles. The molecule has 1 N–H and O–H groups in total. The Morgan fingerprint density at radius 1 is 1.38 bits per heavy atom. The van der Waals surface area contributed by atoms with Crippen molar-refractivity contribution in [2.45, 2.75) is 26.3 Å². The minimum absolute atomic E-state index is 0. The van der Waals surface area contributed by atoms with Crippen LogP contribution in [0, 0.1) is 0 Å². The Balaban J connectivity index is 0.00000225. The van der Waals surface area contributed by atoms with Crippen molar-refractivity contribution < 1.29 is 8.42 Å².